The van der Waals surface area contributed by atoms with E-state index in [1.807, 2.05) is 0 Å². The molecule has 1 aliphatic heterocycles. The van der Waals surface area contributed by atoms with Crippen LogP contribution in [0.25, 0.3) is 0 Å². The third kappa shape index (κ3) is 3.42. The Kier molecular flexibility index (Phi) is 4.58. The summed E-state index contributed by atoms with van der Waals surface area (Å²) in [5.41, 5.74) is 0. The number of rotatable bonds is 7. The number of ether oxygens (including phenoxy) is 2. The standard InChI is InChI=1S/C12H24N2O2/c1-14(11-5-6-16-9-11)12(8-15-2)7-13-10-3-4-10/h10-13H,3-9H2,1-2H3. The van der Waals surface area contributed by atoms with Crippen molar-refractivity contribution < 1.29 is 9.47 Å². The van der Waals surface area contributed by atoms with Crippen LogP contribution in [0.3, 0.4) is 0 Å². The van der Waals surface area contributed by atoms with Gasteiger partial charge in [-0.3, -0.25) is 4.90 Å². The first-order valence-corrected chi connectivity index (χ1v) is 6.33. The lowest BCUT2D eigenvalue weighted by Gasteiger charge is -2.32. The van der Waals surface area contributed by atoms with E-state index in [1.54, 1.807) is 7.11 Å². The Morgan fingerprint density at radius 1 is 1.44 bits per heavy atom. The molecule has 0 spiro atoms. The van der Waals surface area contributed by atoms with Gasteiger partial charge in [-0.2, -0.15) is 0 Å². The number of hydrogen-bond acceptors (Lipinski definition) is 4. The molecule has 4 nitrogen and oxygen atoms in total. The molecule has 0 radical (unpaired) electrons. The van der Waals surface area contributed by atoms with Crippen molar-refractivity contribution in [1.82, 2.24) is 10.2 Å². The predicted molar refractivity (Wildman–Crippen MR) is 63.7 cm³/mol. The highest BCUT2D eigenvalue weighted by Gasteiger charge is 2.28. The van der Waals surface area contributed by atoms with Crippen molar-refractivity contribution in [3.63, 3.8) is 0 Å². The van der Waals surface area contributed by atoms with Gasteiger partial charge in [0.05, 0.1) is 13.2 Å². The third-order valence-corrected chi connectivity index (χ3v) is 3.64. The molecule has 1 aliphatic carbocycles. The summed E-state index contributed by atoms with van der Waals surface area (Å²) < 4.78 is 10.8. The summed E-state index contributed by atoms with van der Waals surface area (Å²) >= 11 is 0. The minimum atomic E-state index is 0.470. The Morgan fingerprint density at radius 3 is 2.81 bits per heavy atom. The second-order valence-corrected chi connectivity index (χ2v) is 4.97. The van der Waals surface area contributed by atoms with Crippen molar-refractivity contribution in [1.29, 1.82) is 0 Å². The van der Waals surface area contributed by atoms with Gasteiger partial charge < -0.3 is 14.8 Å². The summed E-state index contributed by atoms with van der Waals surface area (Å²) in [7, 11) is 3.97. The molecule has 2 atom stereocenters. The molecule has 94 valence electrons. The summed E-state index contributed by atoms with van der Waals surface area (Å²) in [4.78, 5) is 2.42. The maximum Gasteiger partial charge on any atom is 0.0630 e. The number of nitrogens with zero attached hydrogens (tertiary/aromatic N) is 1. The first kappa shape index (κ1) is 12.3. The smallest absolute Gasteiger partial charge is 0.0630 e. The van der Waals surface area contributed by atoms with Crippen LogP contribution >= 0.6 is 0 Å². The van der Waals surface area contributed by atoms with E-state index < -0.39 is 0 Å². The molecule has 2 fully saturated rings. The van der Waals surface area contributed by atoms with Gasteiger partial charge in [0, 0.05) is 38.4 Å². The van der Waals surface area contributed by atoms with Gasteiger partial charge in [-0.05, 0) is 26.3 Å². The zero-order valence-electron chi connectivity index (χ0n) is 10.4. The van der Waals surface area contributed by atoms with E-state index in [9.17, 15) is 0 Å². The Bertz CT molecular complexity index is 203. The van der Waals surface area contributed by atoms with Gasteiger partial charge in [0.15, 0.2) is 0 Å². The number of nitrogens with one attached hydrogen (secondary N) is 1. The summed E-state index contributed by atoms with van der Waals surface area (Å²) in [6, 6.07) is 1.81. The van der Waals surface area contributed by atoms with Crippen LogP contribution in [0.5, 0.6) is 0 Å². The van der Waals surface area contributed by atoms with E-state index in [0.717, 1.165) is 38.8 Å². The molecular weight excluding hydrogens is 204 g/mol. The summed E-state index contributed by atoms with van der Waals surface area (Å²) in [6.07, 6.45) is 3.84. The molecule has 2 aliphatic rings. The lowest BCUT2D eigenvalue weighted by atomic mass is 10.1. The molecule has 1 N–H and O–H groups in total. The van der Waals surface area contributed by atoms with Crippen LogP contribution in [0.4, 0.5) is 0 Å². The topological polar surface area (TPSA) is 33.7 Å². The van der Waals surface area contributed by atoms with E-state index in [2.05, 4.69) is 17.3 Å². The highest BCUT2D eigenvalue weighted by Crippen LogP contribution is 2.19. The highest BCUT2D eigenvalue weighted by atomic mass is 16.5. The van der Waals surface area contributed by atoms with Crippen LogP contribution in [0.15, 0.2) is 0 Å². The van der Waals surface area contributed by atoms with Crippen molar-refractivity contribution in [3.8, 4) is 0 Å². The first-order valence-electron chi connectivity index (χ1n) is 6.33. The largest absolute Gasteiger partial charge is 0.383 e. The normalized spacial score (nSPS) is 27.6. The molecule has 2 rings (SSSR count). The van der Waals surface area contributed by atoms with Crippen molar-refractivity contribution in [3.05, 3.63) is 0 Å². The van der Waals surface area contributed by atoms with Gasteiger partial charge in [0.1, 0.15) is 0 Å². The van der Waals surface area contributed by atoms with Crippen LogP contribution in [-0.2, 0) is 9.47 Å². The maximum atomic E-state index is 5.44. The van der Waals surface area contributed by atoms with Crippen molar-refractivity contribution in [2.75, 3.05) is 40.5 Å². The quantitative estimate of drug-likeness (QED) is 0.687. The average Bonchev–Trinajstić information content (AvgIpc) is 2.95. The van der Waals surface area contributed by atoms with E-state index in [0.29, 0.717) is 12.1 Å². The van der Waals surface area contributed by atoms with Crippen LogP contribution < -0.4 is 5.32 Å². The SMILES string of the molecule is COCC(CNC1CC1)N(C)C1CCOC1. The van der Waals surface area contributed by atoms with Gasteiger partial charge in [-0.25, -0.2) is 0 Å². The van der Waals surface area contributed by atoms with E-state index in [-0.39, 0.29) is 0 Å². The Hall–Kier alpha value is -0.160. The maximum absolute atomic E-state index is 5.44. The minimum Gasteiger partial charge on any atom is -0.383 e. The summed E-state index contributed by atoms with van der Waals surface area (Å²) in [5.74, 6) is 0. The van der Waals surface area contributed by atoms with Crippen LogP contribution in [0.1, 0.15) is 19.3 Å². The second kappa shape index (κ2) is 5.96. The van der Waals surface area contributed by atoms with Gasteiger partial charge in [0.25, 0.3) is 0 Å². The fourth-order valence-electron chi connectivity index (χ4n) is 2.24. The van der Waals surface area contributed by atoms with Crippen LogP contribution in [0, 0.1) is 0 Å². The molecule has 1 heterocycles. The van der Waals surface area contributed by atoms with E-state index in [4.69, 9.17) is 9.47 Å². The molecule has 0 amide bonds. The molecule has 0 bridgehead atoms. The lowest BCUT2D eigenvalue weighted by Crippen LogP contribution is -2.48. The van der Waals surface area contributed by atoms with E-state index in [1.165, 1.54) is 12.8 Å². The monoisotopic (exact) mass is 228 g/mol. The van der Waals surface area contributed by atoms with E-state index >= 15 is 0 Å². The fraction of sp³-hybridized carbons (Fsp3) is 1.00. The third-order valence-electron chi connectivity index (χ3n) is 3.64. The lowest BCUT2D eigenvalue weighted by molar-refractivity contribution is 0.0717. The predicted octanol–water partition coefficient (Wildman–Crippen LogP) is 0.474. The fourth-order valence-corrected chi connectivity index (χ4v) is 2.24. The molecule has 1 saturated heterocycles. The molecule has 0 aromatic carbocycles. The molecule has 16 heavy (non-hydrogen) atoms. The zero-order chi connectivity index (χ0) is 11.4. The van der Waals surface area contributed by atoms with Crippen molar-refractivity contribution >= 4 is 0 Å². The molecule has 0 aromatic rings. The van der Waals surface area contributed by atoms with Crippen molar-refractivity contribution in [2.45, 2.75) is 37.4 Å². The Balaban J connectivity index is 1.77. The van der Waals surface area contributed by atoms with Gasteiger partial charge >= 0.3 is 0 Å². The summed E-state index contributed by atoms with van der Waals surface area (Å²) in [5, 5.41) is 3.58. The Morgan fingerprint density at radius 2 is 2.25 bits per heavy atom. The molecule has 0 aromatic heterocycles. The zero-order valence-corrected chi connectivity index (χ0v) is 10.4. The number of hydrogen-bond donors (Lipinski definition) is 1. The molecule has 1 saturated carbocycles. The second-order valence-electron chi connectivity index (χ2n) is 4.97. The number of methoxy groups -OCH3 is 1. The van der Waals surface area contributed by atoms with Crippen LogP contribution in [-0.4, -0.2) is 63.5 Å². The minimum absolute atomic E-state index is 0.470. The first-order chi connectivity index (χ1) is 7.81. The van der Waals surface area contributed by atoms with Gasteiger partial charge in [-0.15, -0.1) is 0 Å². The summed E-state index contributed by atoms with van der Waals surface area (Å²) in [6.45, 7) is 3.61. The molecule has 4 heteroatoms. The van der Waals surface area contributed by atoms with Gasteiger partial charge in [0.2, 0.25) is 0 Å². The molecule has 2 unspecified atom stereocenters. The molecular formula is C12H24N2O2. The highest BCUT2D eigenvalue weighted by molar-refractivity contribution is 4.86. The van der Waals surface area contributed by atoms with Gasteiger partial charge in [-0.1, -0.05) is 0 Å². The number of likely N-dealkylation sites (N-methyl/N-ethyl adjacent to an activating group) is 1. The van der Waals surface area contributed by atoms with Crippen molar-refractivity contribution in [2.24, 2.45) is 0 Å². The van der Waals surface area contributed by atoms with Crippen LogP contribution in [0.2, 0.25) is 0 Å². The Labute approximate surface area is 98.3 Å². The average molecular weight is 228 g/mol.